The Kier molecular flexibility index (Phi) is 3.66. The number of carbonyl (C=O) groups excluding carboxylic acids is 1. The van der Waals surface area contributed by atoms with E-state index in [1.807, 2.05) is 39.0 Å². The van der Waals surface area contributed by atoms with Crippen LogP contribution in [0, 0.1) is 13.8 Å². The standard InChI is InChI=1S/C16H18N4O2/c1-10-4-5-13-12(3)15(22-14(13)6-10)16(21)19-11(2)7-20-9-17-8-18-20/h4-6,8-9,11H,7H2,1-3H3,(H,19,21)/t11-/m1/s1. The monoisotopic (exact) mass is 298 g/mol. The lowest BCUT2D eigenvalue weighted by atomic mass is 10.1. The van der Waals surface area contributed by atoms with E-state index in [0.717, 1.165) is 22.1 Å². The summed E-state index contributed by atoms with van der Waals surface area (Å²) < 4.78 is 7.41. The molecule has 1 aromatic carbocycles. The number of furan rings is 1. The Balaban J connectivity index is 1.78. The zero-order valence-electron chi connectivity index (χ0n) is 12.8. The van der Waals surface area contributed by atoms with Gasteiger partial charge >= 0.3 is 0 Å². The molecule has 6 nitrogen and oxygen atoms in total. The number of carbonyl (C=O) groups is 1. The molecule has 0 unspecified atom stereocenters. The van der Waals surface area contributed by atoms with Crippen molar-refractivity contribution in [2.45, 2.75) is 33.4 Å². The number of aryl methyl sites for hydroxylation is 2. The third-order valence-corrected chi connectivity index (χ3v) is 3.60. The van der Waals surface area contributed by atoms with E-state index in [4.69, 9.17) is 4.42 Å². The molecule has 3 aromatic rings. The minimum atomic E-state index is -0.209. The van der Waals surface area contributed by atoms with Gasteiger partial charge in [-0.15, -0.1) is 0 Å². The van der Waals surface area contributed by atoms with Crippen LogP contribution in [0.25, 0.3) is 11.0 Å². The van der Waals surface area contributed by atoms with Gasteiger partial charge in [0.05, 0.1) is 6.54 Å². The average molecular weight is 298 g/mol. The zero-order chi connectivity index (χ0) is 15.7. The summed E-state index contributed by atoms with van der Waals surface area (Å²) in [6, 6.07) is 5.86. The molecule has 0 spiro atoms. The van der Waals surface area contributed by atoms with Gasteiger partial charge in [0.25, 0.3) is 5.91 Å². The van der Waals surface area contributed by atoms with E-state index in [2.05, 4.69) is 15.4 Å². The van der Waals surface area contributed by atoms with Gasteiger partial charge in [0.15, 0.2) is 5.76 Å². The molecule has 0 radical (unpaired) electrons. The smallest absolute Gasteiger partial charge is 0.287 e. The predicted octanol–water partition coefficient (Wildman–Crippen LogP) is 2.46. The molecule has 1 amide bonds. The average Bonchev–Trinajstić information content (AvgIpc) is 3.07. The molecule has 3 rings (SSSR count). The first kappa shape index (κ1) is 14.3. The highest BCUT2D eigenvalue weighted by molar-refractivity contribution is 5.99. The number of hydrogen-bond donors (Lipinski definition) is 1. The molecule has 1 atom stereocenters. The van der Waals surface area contributed by atoms with Crippen LogP contribution in [0.15, 0.2) is 35.3 Å². The maximum atomic E-state index is 12.4. The van der Waals surface area contributed by atoms with Crippen LogP contribution >= 0.6 is 0 Å². The Labute approximate surface area is 128 Å². The van der Waals surface area contributed by atoms with Crippen LogP contribution in [0.4, 0.5) is 0 Å². The fourth-order valence-electron chi connectivity index (χ4n) is 2.49. The summed E-state index contributed by atoms with van der Waals surface area (Å²) >= 11 is 0. The summed E-state index contributed by atoms with van der Waals surface area (Å²) in [5.41, 5.74) is 2.71. The lowest BCUT2D eigenvalue weighted by Gasteiger charge is -2.12. The number of benzene rings is 1. The van der Waals surface area contributed by atoms with Gasteiger partial charge in [-0.1, -0.05) is 12.1 Å². The van der Waals surface area contributed by atoms with Crippen LogP contribution in [0.1, 0.15) is 28.6 Å². The highest BCUT2D eigenvalue weighted by Gasteiger charge is 2.19. The van der Waals surface area contributed by atoms with Crippen molar-refractivity contribution in [1.29, 1.82) is 0 Å². The van der Waals surface area contributed by atoms with Crippen molar-refractivity contribution in [2.24, 2.45) is 0 Å². The van der Waals surface area contributed by atoms with Crippen molar-refractivity contribution in [3.63, 3.8) is 0 Å². The second-order valence-electron chi connectivity index (χ2n) is 5.55. The van der Waals surface area contributed by atoms with Gasteiger partial charge in [-0.05, 0) is 32.4 Å². The van der Waals surface area contributed by atoms with Gasteiger partial charge in [-0.3, -0.25) is 9.48 Å². The first-order valence-electron chi connectivity index (χ1n) is 7.17. The lowest BCUT2D eigenvalue weighted by Crippen LogP contribution is -2.35. The van der Waals surface area contributed by atoms with Gasteiger partial charge < -0.3 is 9.73 Å². The minimum Gasteiger partial charge on any atom is -0.451 e. The number of fused-ring (bicyclic) bond motifs is 1. The number of hydrogen-bond acceptors (Lipinski definition) is 4. The third kappa shape index (κ3) is 2.72. The molecule has 114 valence electrons. The SMILES string of the molecule is Cc1ccc2c(C)c(C(=O)N[C@H](C)Cn3cncn3)oc2c1. The Morgan fingerprint density at radius 1 is 1.41 bits per heavy atom. The zero-order valence-corrected chi connectivity index (χ0v) is 12.8. The summed E-state index contributed by atoms with van der Waals surface area (Å²) in [6.45, 7) is 6.38. The van der Waals surface area contributed by atoms with Gasteiger partial charge in [0.1, 0.15) is 18.2 Å². The molecule has 22 heavy (non-hydrogen) atoms. The van der Waals surface area contributed by atoms with E-state index < -0.39 is 0 Å². The number of rotatable bonds is 4. The number of amides is 1. The Bertz CT molecular complexity index is 805. The van der Waals surface area contributed by atoms with Gasteiger partial charge in [-0.2, -0.15) is 5.10 Å². The molecule has 0 saturated heterocycles. The number of nitrogens with zero attached hydrogens (tertiary/aromatic N) is 3. The molecule has 0 aliphatic carbocycles. The van der Waals surface area contributed by atoms with Crippen molar-refractivity contribution in [2.75, 3.05) is 0 Å². The van der Waals surface area contributed by atoms with Gasteiger partial charge in [-0.25, -0.2) is 4.98 Å². The molecule has 0 saturated carbocycles. The van der Waals surface area contributed by atoms with Crippen LogP contribution < -0.4 is 5.32 Å². The van der Waals surface area contributed by atoms with E-state index in [1.165, 1.54) is 6.33 Å². The maximum Gasteiger partial charge on any atom is 0.287 e. The molecule has 6 heteroatoms. The number of aromatic nitrogens is 3. The van der Waals surface area contributed by atoms with E-state index in [1.54, 1.807) is 11.0 Å². The highest BCUT2D eigenvalue weighted by Crippen LogP contribution is 2.26. The molecule has 0 aliphatic rings. The molecular weight excluding hydrogens is 280 g/mol. The van der Waals surface area contributed by atoms with Crippen LogP contribution in [-0.4, -0.2) is 26.7 Å². The molecule has 2 heterocycles. The predicted molar refractivity (Wildman–Crippen MR) is 82.6 cm³/mol. The van der Waals surface area contributed by atoms with E-state index >= 15 is 0 Å². The van der Waals surface area contributed by atoms with Crippen LogP contribution in [-0.2, 0) is 6.54 Å². The third-order valence-electron chi connectivity index (χ3n) is 3.60. The van der Waals surface area contributed by atoms with Crippen molar-refractivity contribution < 1.29 is 9.21 Å². The first-order chi connectivity index (χ1) is 10.5. The van der Waals surface area contributed by atoms with Crippen molar-refractivity contribution in [3.05, 3.63) is 47.7 Å². The van der Waals surface area contributed by atoms with Crippen molar-refractivity contribution >= 4 is 16.9 Å². The Hall–Kier alpha value is -2.63. The van der Waals surface area contributed by atoms with Crippen molar-refractivity contribution in [3.8, 4) is 0 Å². The summed E-state index contributed by atoms with van der Waals surface area (Å²) in [5, 5.41) is 7.93. The highest BCUT2D eigenvalue weighted by atomic mass is 16.3. The maximum absolute atomic E-state index is 12.4. The summed E-state index contributed by atoms with van der Waals surface area (Å²) in [4.78, 5) is 16.3. The van der Waals surface area contributed by atoms with Gasteiger partial charge in [0.2, 0.25) is 0 Å². The Morgan fingerprint density at radius 3 is 2.95 bits per heavy atom. The molecule has 1 N–H and O–H groups in total. The first-order valence-corrected chi connectivity index (χ1v) is 7.17. The summed E-state index contributed by atoms with van der Waals surface area (Å²) in [5.74, 6) is 0.157. The normalized spacial score (nSPS) is 12.5. The van der Waals surface area contributed by atoms with Crippen molar-refractivity contribution in [1.82, 2.24) is 20.1 Å². The minimum absolute atomic E-state index is 0.0800. The fourth-order valence-corrected chi connectivity index (χ4v) is 2.49. The largest absolute Gasteiger partial charge is 0.451 e. The van der Waals surface area contributed by atoms with Crippen LogP contribution in [0.5, 0.6) is 0 Å². The second-order valence-corrected chi connectivity index (χ2v) is 5.55. The summed E-state index contributed by atoms with van der Waals surface area (Å²) in [7, 11) is 0. The van der Waals surface area contributed by atoms with E-state index in [-0.39, 0.29) is 11.9 Å². The topological polar surface area (TPSA) is 73.0 Å². The summed E-state index contributed by atoms with van der Waals surface area (Å²) in [6.07, 6.45) is 3.10. The molecule has 0 bridgehead atoms. The Morgan fingerprint density at radius 2 is 2.23 bits per heavy atom. The molecule has 0 fully saturated rings. The number of nitrogens with one attached hydrogen (secondary N) is 1. The van der Waals surface area contributed by atoms with Gasteiger partial charge in [0, 0.05) is 17.0 Å². The quantitative estimate of drug-likeness (QED) is 0.803. The molecule has 0 aliphatic heterocycles. The molecule has 2 aromatic heterocycles. The lowest BCUT2D eigenvalue weighted by molar-refractivity contribution is 0.0909. The van der Waals surface area contributed by atoms with E-state index in [0.29, 0.717) is 12.3 Å². The molecular formula is C16H18N4O2. The second kappa shape index (κ2) is 5.63. The van der Waals surface area contributed by atoms with Crippen LogP contribution in [0.3, 0.4) is 0 Å². The van der Waals surface area contributed by atoms with Crippen LogP contribution in [0.2, 0.25) is 0 Å². The fraction of sp³-hybridized carbons (Fsp3) is 0.312. The van der Waals surface area contributed by atoms with E-state index in [9.17, 15) is 4.79 Å².